The Hall–Kier alpha value is -0.980. The van der Waals surface area contributed by atoms with Crippen LogP contribution < -0.4 is 5.32 Å². The Morgan fingerprint density at radius 2 is 2.07 bits per heavy atom. The Kier molecular flexibility index (Phi) is 3.65. The molecule has 1 nitrogen and oxygen atoms in total. The molecule has 1 aromatic rings. The molecule has 2 rings (SSSR count). The van der Waals surface area contributed by atoms with Crippen molar-refractivity contribution in [2.45, 2.75) is 51.5 Å². The van der Waals surface area contributed by atoms with Gasteiger partial charge in [-0.05, 0) is 24.5 Å². The normalized spacial score (nSPS) is 18.6. The Morgan fingerprint density at radius 3 is 2.87 bits per heavy atom. The molecule has 1 aliphatic heterocycles. The highest BCUT2D eigenvalue weighted by atomic mass is 14.9. The van der Waals surface area contributed by atoms with Gasteiger partial charge in [-0.3, -0.25) is 0 Å². The van der Waals surface area contributed by atoms with E-state index in [2.05, 4.69) is 36.5 Å². The topological polar surface area (TPSA) is 12.0 Å². The van der Waals surface area contributed by atoms with Crippen LogP contribution in [0.3, 0.4) is 0 Å². The minimum Gasteiger partial charge on any atom is -0.382 e. The number of anilines is 1. The average Bonchev–Trinajstić information content (AvgIpc) is 2.67. The fraction of sp³-hybridized carbons (Fsp3) is 0.571. The van der Waals surface area contributed by atoms with Crippen molar-refractivity contribution in [1.82, 2.24) is 0 Å². The molecule has 0 saturated heterocycles. The van der Waals surface area contributed by atoms with E-state index in [1.165, 1.54) is 49.8 Å². The van der Waals surface area contributed by atoms with Gasteiger partial charge in [0.2, 0.25) is 0 Å². The molecule has 0 bridgehead atoms. The molecule has 0 radical (unpaired) electrons. The van der Waals surface area contributed by atoms with Crippen LogP contribution in [0, 0.1) is 0 Å². The van der Waals surface area contributed by atoms with E-state index in [9.17, 15) is 0 Å². The van der Waals surface area contributed by atoms with Crippen LogP contribution in [-0.2, 0) is 6.42 Å². The summed E-state index contributed by atoms with van der Waals surface area (Å²) < 4.78 is 0. The summed E-state index contributed by atoms with van der Waals surface area (Å²) in [6, 6.07) is 9.39. The minimum absolute atomic E-state index is 0.694. The van der Waals surface area contributed by atoms with Crippen molar-refractivity contribution in [3.8, 4) is 0 Å². The first-order valence-electron chi connectivity index (χ1n) is 6.24. The molecular formula is C14H21N. The van der Waals surface area contributed by atoms with E-state index in [-0.39, 0.29) is 0 Å². The summed E-state index contributed by atoms with van der Waals surface area (Å²) >= 11 is 0. The van der Waals surface area contributed by atoms with Gasteiger partial charge in [-0.25, -0.2) is 0 Å². The predicted molar refractivity (Wildman–Crippen MR) is 66.3 cm³/mol. The SMILES string of the molecule is CCCCCCC1Cc2ccccc2N1. The molecule has 1 atom stereocenters. The zero-order valence-electron chi connectivity index (χ0n) is 9.63. The van der Waals surface area contributed by atoms with Crippen LogP contribution in [-0.4, -0.2) is 6.04 Å². The van der Waals surface area contributed by atoms with Crippen LogP contribution in [0.4, 0.5) is 5.69 Å². The lowest BCUT2D eigenvalue weighted by Crippen LogP contribution is -2.14. The first-order valence-corrected chi connectivity index (χ1v) is 6.24. The lowest BCUT2D eigenvalue weighted by Gasteiger charge is -2.10. The quantitative estimate of drug-likeness (QED) is 0.713. The van der Waals surface area contributed by atoms with Crippen LogP contribution in [0.25, 0.3) is 0 Å². The number of nitrogens with one attached hydrogen (secondary N) is 1. The third-order valence-electron chi connectivity index (χ3n) is 3.25. The molecule has 1 heteroatoms. The number of hydrogen-bond acceptors (Lipinski definition) is 1. The molecule has 1 aliphatic rings. The molecule has 82 valence electrons. The van der Waals surface area contributed by atoms with Crippen molar-refractivity contribution in [2.75, 3.05) is 5.32 Å². The average molecular weight is 203 g/mol. The predicted octanol–water partition coefficient (Wildman–Crippen LogP) is 3.99. The van der Waals surface area contributed by atoms with Crippen LogP contribution in [0.1, 0.15) is 44.6 Å². The van der Waals surface area contributed by atoms with Gasteiger partial charge < -0.3 is 5.32 Å². The molecule has 0 aliphatic carbocycles. The third kappa shape index (κ3) is 2.74. The molecule has 1 unspecified atom stereocenters. The number of rotatable bonds is 5. The number of para-hydroxylation sites is 1. The van der Waals surface area contributed by atoms with Crippen LogP contribution in [0.2, 0.25) is 0 Å². The Bertz CT molecular complexity index is 281. The molecule has 0 spiro atoms. The van der Waals surface area contributed by atoms with Gasteiger partial charge in [0, 0.05) is 11.7 Å². The zero-order valence-corrected chi connectivity index (χ0v) is 9.63. The van der Waals surface area contributed by atoms with Crippen LogP contribution in [0.5, 0.6) is 0 Å². The van der Waals surface area contributed by atoms with E-state index in [0.717, 1.165) is 0 Å². The molecule has 1 aromatic carbocycles. The lowest BCUT2D eigenvalue weighted by atomic mass is 10.0. The maximum absolute atomic E-state index is 3.61. The van der Waals surface area contributed by atoms with Gasteiger partial charge in [-0.1, -0.05) is 50.8 Å². The third-order valence-corrected chi connectivity index (χ3v) is 3.25. The van der Waals surface area contributed by atoms with Gasteiger partial charge in [0.25, 0.3) is 0 Å². The van der Waals surface area contributed by atoms with Crippen molar-refractivity contribution in [3.05, 3.63) is 29.8 Å². The standard InChI is InChI=1S/C14H21N/c1-2-3-4-5-9-13-11-12-8-6-7-10-14(12)15-13/h6-8,10,13,15H,2-5,9,11H2,1H3. The largest absolute Gasteiger partial charge is 0.382 e. The van der Waals surface area contributed by atoms with Gasteiger partial charge in [0.1, 0.15) is 0 Å². The number of benzene rings is 1. The van der Waals surface area contributed by atoms with Crippen LogP contribution in [0.15, 0.2) is 24.3 Å². The van der Waals surface area contributed by atoms with E-state index in [4.69, 9.17) is 0 Å². The Morgan fingerprint density at radius 1 is 1.20 bits per heavy atom. The van der Waals surface area contributed by atoms with Gasteiger partial charge >= 0.3 is 0 Å². The zero-order chi connectivity index (χ0) is 10.5. The highest BCUT2D eigenvalue weighted by molar-refractivity contribution is 5.56. The van der Waals surface area contributed by atoms with E-state index in [0.29, 0.717) is 6.04 Å². The number of hydrogen-bond donors (Lipinski definition) is 1. The monoisotopic (exact) mass is 203 g/mol. The Labute approximate surface area is 92.9 Å². The fourth-order valence-corrected chi connectivity index (χ4v) is 2.37. The van der Waals surface area contributed by atoms with Crippen molar-refractivity contribution >= 4 is 5.69 Å². The van der Waals surface area contributed by atoms with Gasteiger partial charge in [-0.2, -0.15) is 0 Å². The van der Waals surface area contributed by atoms with Gasteiger partial charge in [0.15, 0.2) is 0 Å². The molecule has 0 saturated carbocycles. The maximum atomic E-state index is 3.61. The number of fused-ring (bicyclic) bond motifs is 1. The molecule has 1 heterocycles. The molecule has 0 fully saturated rings. The molecule has 15 heavy (non-hydrogen) atoms. The molecule has 0 aromatic heterocycles. The summed E-state index contributed by atoms with van der Waals surface area (Å²) in [6.07, 6.45) is 8.04. The summed E-state index contributed by atoms with van der Waals surface area (Å²) in [5.74, 6) is 0. The van der Waals surface area contributed by atoms with Gasteiger partial charge in [-0.15, -0.1) is 0 Å². The highest BCUT2D eigenvalue weighted by Gasteiger charge is 2.18. The van der Waals surface area contributed by atoms with E-state index < -0.39 is 0 Å². The maximum Gasteiger partial charge on any atom is 0.0375 e. The second-order valence-corrected chi connectivity index (χ2v) is 4.55. The van der Waals surface area contributed by atoms with Crippen molar-refractivity contribution < 1.29 is 0 Å². The summed E-state index contributed by atoms with van der Waals surface area (Å²) in [5.41, 5.74) is 2.86. The smallest absolute Gasteiger partial charge is 0.0375 e. The summed E-state index contributed by atoms with van der Waals surface area (Å²) in [4.78, 5) is 0. The van der Waals surface area contributed by atoms with Crippen molar-refractivity contribution in [2.24, 2.45) is 0 Å². The second kappa shape index (κ2) is 5.20. The lowest BCUT2D eigenvalue weighted by molar-refractivity contribution is 0.580. The van der Waals surface area contributed by atoms with Crippen molar-refractivity contribution in [3.63, 3.8) is 0 Å². The first kappa shape index (κ1) is 10.5. The molecule has 1 N–H and O–H groups in total. The van der Waals surface area contributed by atoms with Crippen molar-refractivity contribution in [1.29, 1.82) is 0 Å². The first-order chi connectivity index (χ1) is 7.40. The Balaban J connectivity index is 1.76. The van der Waals surface area contributed by atoms with E-state index in [1.54, 1.807) is 0 Å². The summed E-state index contributed by atoms with van der Waals surface area (Å²) in [7, 11) is 0. The van der Waals surface area contributed by atoms with Crippen LogP contribution >= 0.6 is 0 Å². The van der Waals surface area contributed by atoms with E-state index >= 15 is 0 Å². The number of unbranched alkanes of at least 4 members (excludes halogenated alkanes) is 3. The highest BCUT2D eigenvalue weighted by Crippen LogP contribution is 2.27. The van der Waals surface area contributed by atoms with Gasteiger partial charge in [0.05, 0.1) is 0 Å². The molecule has 0 amide bonds. The van der Waals surface area contributed by atoms with E-state index in [1.807, 2.05) is 0 Å². The fourth-order valence-electron chi connectivity index (χ4n) is 2.37. The minimum atomic E-state index is 0.694. The summed E-state index contributed by atoms with van der Waals surface area (Å²) in [6.45, 7) is 2.27. The second-order valence-electron chi connectivity index (χ2n) is 4.55. The molecular weight excluding hydrogens is 182 g/mol. The summed E-state index contributed by atoms with van der Waals surface area (Å²) in [5, 5.41) is 3.61.